The summed E-state index contributed by atoms with van der Waals surface area (Å²) in [5.41, 5.74) is 10.8. The molecular formula is C31H32FN3OS. The highest BCUT2D eigenvalue weighted by molar-refractivity contribution is 7.15. The number of piperazine rings is 1. The molecule has 1 saturated heterocycles. The van der Waals surface area contributed by atoms with Crippen LogP contribution in [0, 0.1) is 12.7 Å². The van der Waals surface area contributed by atoms with Gasteiger partial charge in [0.15, 0.2) is 0 Å². The van der Waals surface area contributed by atoms with Gasteiger partial charge in [0, 0.05) is 35.9 Å². The van der Waals surface area contributed by atoms with E-state index in [1.165, 1.54) is 17.2 Å². The van der Waals surface area contributed by atoms with Crippen molar-refractivity contribution in [3.05, 3.63) is 118 Å². The lowest BCUT2D eigenvalue weighted by Gasteiger charge is -2.43. The molecule has 2 unspecified atom stereocenters. The third-order valence-corrected chi connectivity index (χ3v) is 8.43. The number of hydrogen-bond donors (Lipinski definition) is 1. The van der Waals surface area contributed by atoms with Gasteiger partial charge in [-0.3, -0.25) is 9.80 Å². The van der Waals surface area contributed by atoms with Crippen LogP contribution in [0.25, 0.3) is 10.4 Å². The molecule has 0 bridgehead atoms. The minimum absolute atomic E-state index is 0.173. The number of nitrogens with zero attached hydrogens (tertiary/aromatic N) is 2. The molecule has 2 atom stereocenters. The number of carbonyl (C=O) groups is 1. The molecule has 1 aliphatic heterocycles. The fourth-order valence-corrected chi connectivity index (χ4v) is 6.65. The van der Waals surface area contributed by atoms with E-state index in [1.54, 1.807) is 23.5 Å². The van der Waals surface area contributed by atoms with E-state index in [-0.39, 0.29) is 17.9 Å². The van der Waals surface area contributed by atoms with Crippen molar-refractivity contribution < 1.29 is 9.18 Å². The van der Waals surface area contributed by atoms with Crippen LogP contribution in [0.3, 0.4) is 0 Å². The highest BCUT2D eigenvalue weighted by Crippen LogP contribution is 2.38. The largest absolute Gasteiger partial charge is 0.320 e. The molecule has 2 N–H and O–H groups in total. The summed E-state index contributed by atoms with van der Waals surface area (Å²) in [5.74, 6) is -0.251. The van der Waals surface area contributed by atoms with Gasteiger partial charge in [0.2, 0.25) is 0 Å². The summed E-state index contributed by atoms with van der Waals surface area (Å²) >= 11 is 1.59. The summed E-state index contributed by atoms with van der Waals surface area (Å²) in [6.07, 6.45) is 0.848. The normalized spacial score (nSPS) is 16.5. The zero-order valence-electron chi connectivity index (χ0n) is 21.0. The molecule has 0 spiro atoms. The second kappa shape index (κ2) is 11.5. The predicted octanol–water partition coefficient (Wildman–Crippen LogP) is 5.84. The van der Waals surface area contributed by atoms with E-state index in [2.05, 4.69) is 70.5 Å². The Bertz CT molecular complexity index is 1280. The van der Waals surface area contributed by atoms with Crippen LogP contribution in [-0.2, 0) is 4.79 Å². The Hall–Kier alpha value is -3.16. The van der Waals surface area contributed by atoms with Crippen molar-refractivity contribution in [3.8, 4) is 10.4 Å². The first kappa shape index (κ1) is 25.5. The van der Waals surface area contributed by atoms with Gasteiger partial charge in [0.1, 0.15) is 12.1 Å². The third-order valence-electron chi connectivity index (χ3n) is 7.24. The van der Waals surface area contributed by atoms with Gasteiger partial charge in [0.25, 0.3) is 0 Å². The average molecular weight is 514 g/mol. The maximum atomic E-state index is 13.9. The molecule has 3 aromatic carbocycles. The smallest absolute Gasteiger partial charge is 0.138 e. The molecule has 1 aromatic heterocycles. The fourth-order valence-electron chi connectivity index (χ4n) is 5.36. The van der Waals surface area contributed by atoms with Crippen LogP contribution in [0.1, 0.15) is 33.7 Å². The summed E-state index contributed by atoms with van der Waals surface area (Å²) in [6, 6.07) is 29.5. The van der Waals surface area contributed by atoms with Crippen LogP contribution in [0.2, 0.25) is 0 Å². The highest BCUT2D eigenvalue weighted by Gasteiger charge is 2.33. The zero-order valence-corrected chi connectivity index (χ0v) is 21.8. The number of benzene rings is 3. The van der Waals surface area contributed by atoms with E-state index in [1.807, 2.05) is 19.1 Å². The monoisotopic (exact) mass is 513 g/mol. The standard InChI is InChI=1S/C31H32FN3OS/c1-22-12-13-25(32)20-26(22)28-14-15-29(37-28)31(27(33)21-36)35-18-16-34(17-19-35)30(23-8-4-2-5-9-23)24-10-6-3-7-11-24/h2-15,20-21,27,30-31H,16-19,33H2,1H3. The lowest BCUT2D eigenvalue weighted by molar-refractivity contribution is -0.110. The van der Waals surface area contributed by atoms with E-state index < -0.39 is 6.04 Å². The molecule has 0 saturated carbocycles. The molecule has 0 radical (unpaired) electrons. The molecular weight excluding hydrogens is 481 g/mol. The maximum absolute atomic E-state index is 13.9. The Morgan fingerprint density at radius 1 is 0.838 bits per heavy atom. The Balaban J connectivity index is 1.38. The number of hydrogen-bond acceptors (Lipinski definition) is 5. The molecule has 4 nitrogen and oxygen atoms in total. The van der Waals surface area contributed by atoms with Gasteiger partial charge in [-0.15, -0.1) is 11.3 Å². The second-order valence-corrected chi connectivity index (χ2v) is 10.7. The Morgan fingerprint density at radius 2 is 1.43 bits per heavy atom. The molecule has 0 amide bonds. The molecule has 1 aliphatic rings. The van der Waals surface area contributed by atoms with Crippen LogP contribution < -0.4 is 5.73 Å². The van der Waals surface area contributed by atoms with E-state index in [9.17, 15) is 9.18 Å². The Labute approximate surface area is 222 Å². The number of carbonyl (C=O) groups excluding carboxylic acids is 1. The molecule has 1 fully saturated rings. The summed E-state index contributed by atoms with van der Waals surface area (Å²) in [7, 11) is 0. The van der Waals surface area contributed by atoms with Gasteiger partial charge in [-0.05, 0) is 53.4 Å². The van der Waals surface area contributed by atoms with Crippen LogP contribution in [0.5, 0.6) is 0 Å². The van der Waals surface area contributed by atoms with Crippen LogP contribution in [-0.4, -0.2) is 48.3 Å². The summed E-state index contributed by atoms with van der Waals surface area (Å²) in [5, 5.41) is 0. The number of aldehydes is 1. The molecule has 6 heteroatoms. The van der Waals surface area contributed by atoms with E-state index in [0.717, 1.165) is 53.3 Å². The SMILES string of the molecule is Cc1ccc(F)cc1-c1ccc(C(C(N)C=O)N2CCN(C(c3ccccc3)c3ccccc3)CC2)s1. The van der Waals surface area contributed by atoms with Gasteiger partial charge >= 0.3 is 0 Å². The molecule has 0 aliphatic carbocycles. The molecule has 5 rings (SSSR count). The minimum atomic E-state index is -0.634. The zero-order chi connectivity index (χ0) is 25.8. The summed E-state index contributed by atoms with van der Waals surface area (Å²) in [6.45, 7) is 5.30. The van der Waals surface area contributed by atoms with Crippen LogP contribution in [0.4, 0.5) is 4.39 Å². The van der Waals surface area contributed by atoms with E-state index in [0.29, 0.717) is 0 Å². The van der Waals surface area contributed by atoms with Crippen LogP contribution in [0.15, 0.2) is 91.0 Å². The first-order valence-electron chi connectivity index (χ1n) is 12.7. The highest BCUT2D eigenvalue weighted by atomic mass is 32.1. The first-order valence-corrected chi connectivity index (χ1v) is 13.5. The van der Waals surface area contributed by atoms with Crippen molar-refractivity contribution in [2.75, 3.05) is 26.2 Å². The summed E-state index contributed by atoms with van der Waals surface area (Å²) < 4.78 is 13.9. The second-order valence-electron chi connectivity index (χ2n) is 9.62. The van der Waals surface area contributed by atoms with Gasteiger partial charge in [-0.2, -0.15) is 0 Å². The van der Waals surface area contributed by atoms with Crippen molar-refractivity contribution in [2.45, 2.75) is 25.0 Å². The van der Waals surface area contributed by atoms with Crippen molar-refractivity contribution in [3.63, 3.8) is 0 Å². The van der Waals surface area contributed by atoms with Crippen molar-refractivity contribution in [1.29, 1.82) is 0 Å². The third kappa shape index (κ3) is 5.58. The van der Waals surface area contributed by atoms with E-state index >= 15 is 0 Å². The Morgan fingerprint density at radius 3 is 2.03 bits per heavy atom. The quantitative estimate of drug-likeness (QED) is 0.301. The topological polar surface area (TPSA) is 49.6 Å². The molecule has 2 heterocycles. The lowest BCUT2D eigenvalue weighted by atomic mass is 9.96. The number of rotatable bonds is 8. The van der Waals surface area contributed by atoms with Gasteiger partial charge < -0.3 is 10.5 Å². The first-order chi connectivity index (χ1) is 18.0. The Kier molecular flexibility index (Phi) is 7.91. The number of aryl methyl sites for hydroxylation is 1. The maximum Gasteiger partial charge on any atom is 0.138 e. The van der Waals surface area contributed by atoms with Crippen molar-refractivity contribution in [1.82, 2.24) is 9.80 Å². The molecule has 190 valence electrons. The van der Waals surface area contributed by atoms with Crippen LogP contribution >= 0.6 is 11.3 Å². The van der Waals surface area contributed by atoms with Gasteiger partial charge in [0.05, 0.1) is 18.1 Å². The van der Waals surface area contributed by atoms with Crippen molar-refractivity contribution in [2.24, 2.45) is 5.73 Å². The lowest BCUT2D eigenvalue weighted by Crippen LogP contribution is -2.52. The number of halogens is 1. The molecule has 4 aromatic rings. The predicted molar refractivity (Wildman–Crippen MR) is 149 cm³/mol. The van der Waals surface area contributed by atoms with Gasteiger partial charge in [-0.1, -0.05) is 66.7 Å². The number of thiophene rings is 1. The van der Waals surface area contributed by atoms with E-state index in [4.69, 9.17) is 5.73 Å². The average Bonchev–Trinajstić information content (AvgIpc) is 3.42. The fraction of sp³-hybridized carbons (Fsp3) is 0.258. The summed E-state index contributed by atoms with van der Waals surface area (Å²) in [4.78, 5) is 18.7. The van der Waals surface area contributed by atoms with Gasteiger partial charge in [-0.25, -0.2) is 4.39 Å². The number of nitrogens with two attached hydrogens (primary N) is 1. The van der Waals surface area contributed by atoms with Crippen molar-refractivity contribution >= 4 is 17.6 Å². The minimum Gasteiger partial charge on any atom is -0.320 e. The molecule has 37 heavy (non-hydrogen) atoms.